The van der Waals surface area contributed by atoms with Gasteiger partial charge in [-0.25, -0.2) is 4.79 Å². The minimum atomic E-state index is -0.745. The van der Waals surface area contributed by atoms with Gasteiger partial charge in [-0.15, -0.1) is 0 Å². The molecule has 0 spiro atoms. The maximum absolute atomic E-state index is 9.37. The first-order chi connectivity index (χ1) is 3.27. The van der Waals surface area contributed by atoms with Crippen LogP contribution < -0.4 is 5.73 Å². The topological polar surface area (TPSA) is 69.4 Å². The van der Waals surface area contributed by atoms with Crippen LogP contribution in [0.5, 0.6) is 0 Å². The molecule has 0 radical (unpaired) electrons. The lowest BCUT2D eigenvalue weighted by molar-refractivity contribution is -0.0979. The number of amides is 1. The van der Waals surface area contributed by atoms with Gasteiger partial charge in [0.1, 0.15) is 6.79 Å². The maximum atomic E-state index is 9.37. The lowest BCUT2D eigenvalue weighted by Crippen LogP contribution is -2.08. The second kappa shape index (κ2) is 8.87. The van der Waals surface area contributed by atoms with Gasteiger partial charge in [-0.1, -0.05) is 0 Å². The van der Waals surface area contributed by atoms with Crippen LogP contribution in [0, 0.1) is 0 Å². The largest absolute Gasteiger partial charge is 0.453 e. The van der Waals surface area contributed by atoms with E-state index in [4.69, 9.17) is 4.79 Å². The molecule has 7 heavy (non-hydrogen) atoms. The molecule has 0 aromatic heterocycles. The lowest BCUT2D eigenvalue weighted by atomic mass is 11.3. The Balaban J connectivity index is 0. The molecular formula is C3H7NO3. The summed E-state index contributed by atoms with van der Waals surface area (Å²) < 4.78 is 3.89. The number of carbonyl (C=O) groups is 2. The molecule has 0 atom stereocenters. The molecule has 4 heteroatoms. The predicted molar refractivity (Wildman–Crippen MR) is 23.7 cm³/mol. The first kappa shape index (κ1) is 9.34. The van der Waals surface area contributed by atoms with Crippen LogP contribution in [0.25, 0.3) is 0 Å². The highest BCUT2D eigenvalue weighted by molar-refractivity contribution is 5.64. The fraction of sp³-hybridized carbons (Fsp3) is 0.333. The quantitative estimate of drug-likeness (QED) is 0.452. The van der Waals surface area contributed by atoms with Crippen molar-refractivity contribution in [3.8, 4) is 0 Å². The van der Waals surface area contributed by atoms with Crippen LogP contribution in [0.3, 0.4) is 0 Å². The van der Waals surface area contributed by atoms with E-state index in [0.717, 1.165) is 0 Å². The molecular weight excluding hydrogens is 98.0 g/mol. The summed E-state index contributed by atoms with van der Waals surface area (Å²) in [4.78, 5) is 17.4. The third-order valence-electron chi connectivity index (χ3n) is 0.201. The fourth-order valence-electron chi connectivity index (χ4n) is 0. The molecule has 0 bridgehead atoms. The van der Waals surface area contributed by atoms with Gasteiger partial charge in [0, 0.05) is 0 Å². The van der Waals surface area contributed by atoms with E-state index >= 15 is 0 Å². The molecule has 0 fully saturated rings. The van der Waals surface area contributed by atoms with Gasteiger partial charge >= 0.3 is 6.09 Å². The van der Waals surface area contributed by atoms with Crippen molar-refractivity contribution in [2.75, 3.05) is 7.11 Å². The zero-order chi connectivity index (χ0) is 6.28. The summed E-state index contributed by atoms with van der Waals surface area (Å²) in [5.41, 5.74) is 4.43. The first-order valence-electron chi connectivity index (χ1n) is 1.39. The van der Waals surface area contributed by atoms with E-state index in [1.165, 1.54) is 7.11 Å². The number of hydrogen-bond donors (Lipinski definition) is 1. The van der Waals surface area contributed by atoms with Gasteiger partial charge < -0.3 is 15.3 Å². The van der Waals surface area contributed by atoms with E-state index < -0.39 is 6.09 Å². The summed E-state index contributed by atoms with van der Waals surface area (Å²) in [6, 6.07) is 0. The van der Waals surface area contributed by atoms with Crippen molar-refractivity contribution in [1.82, 2.24) is 0 Å². The smallest absolute Gasteiger partial charge is 0.404 e. The van der Waals surface area contributed by atoms with Crippen LogP contribution >= 0.6 is 0 Å². The number of nitrogens with two attached hydrogens (primary N) is 1. The van der Waals surface area contributed by atoms with Crippen LogP contribution in [-0.2, 0) is 9.53 Å². The van der Waals surface area contributed by atoms with Gasteiger partial charge in [-0.05, 0) is 0 Å². The standard InChI is InChI=1S/C2H5NO2.CH2O/c1-5-2(3)4;1-2/h1H3,(H2,3,4);1H2. The van der Waals surface area contributed by atoms with Crippen LogP contribution in [-0.4, -0.2) is 20.0 Å². The number of rotatable bonds is 0. The Morgan fingerprint density at radius 2 is 1.86 bits per heavy atom. The number of carbonyl (C=O) groups excluding carboxylic acids is 2. The summed E-state index contributed by atoms with van der Waals surface area (Å²) in [7, 11) is 1.22. The van der Waals surface area contributed by atoms with Crippen molar-refractivity contribution in [2.45, 2.75) is 0 Å². The van der Waals surface area contributed by atoms with Crippen LogP contribution in [0.4, 0.5) is 4.79 Å². The number of ether oxygens (including phenoxy) is 1. The summed E-state index contributed by atoms with van der Waals surface area (Å²) >= 11 is 0. The number of primary amides is 1. The summed E-state index contributed by atoms with van der Waals surface area (Å²) in [5, 5.41) is 0. The third kappa shape index (κ3) is 48.3. The van der Waals surface area contributed by atoms with Gasteiger partial charge in [-0.3, -0.25) is 0 Å². The Hall–Kier alpha value is -1.06. The minimum Gasteiger partial charge on any atom is -0.453 e. The Kier molecular flexibility index (Phi) is 11.8. The Morgan fingerprint density at radius 3 is 1.86 bits per heavy atom. The molecule has 1 amide bonds. The number of methoxy groups -OCH3 is 1. The number of hydrogen-bond acceptors (Lipinski definition) is 3. The Morgan fingerprint density at radius 1 is 1.71 bits per heavy atom. The van der Waals surface area contributed by atoms with E-state index in [-0.39, 0.29) is 0 Å². The third-order valence-corrected chi connectivity index (χ3v) is 0.201. The monoisotopic (exact) mass is 105 g/mol. The molecule has 0 aliphatic heterocycles. The molecule has 0 aliphatic carbocycles. The van der Waals surface area contributed by atoms with Crippen molar-refractivity contribution in [2.24, 2.45) is 5.73 Å². The maximum Gasteiger partial charge on any atom is 0.404 e. The Labute approximate surface area is 41.3 Å². The van der Waals surface area contributed by atoms with Gasteiger partial charge in [0.2, 0.25) is 0 Å². The van der Waals surface area contributed by atoms with Crippen molar-refractivity contribution in [3.63, 3.8) is 0 Å². The average Bonchev–Trinajstić information content (AvgIpc) is 1.73. The van der Waals surface area contributed by atoms with Gasteiger partial charge in [0.15, 0.2) is 0 Å². The lowest BCUT2D eigenvalue weighted by Gasteiger charge is -1.81. The molecule has 0 unspecified atom stereocenters. The highest BCUT2D eigenvalue weighted by atomic mass is 16.5. The summed E-state index contributed by atoms with van der Waals surface area (Å²) in [5.74, 6) is 0. The van der Waals surface area contributed by atoms with Crippen LogP contribution in [0.15, 0.2) is 0 Å². The molecule has 0 saturated carbocycles. The second-order valence-corrected chi connectivity index (χ2v) is 0.523. The van der Waals surface area contributed by atoms with E-state index in [1.807, 2.05) is 6.79 Å². The Bertz CT molecular complexity index is 54.1. The molecule has 0 aliphatic rings. The van der Waals surface area contributed by atoms with Crippen molar-refractivity contribution in [3.05, 3.63) is 0 Å². The molecule has 2 N–H and O–H groups in total. The zero-order valence-electron chi connectivity index (χ0n) is 4.01. The van der Waals surface area contributed by atoms with Crippen molar-refractivity contribution >= 4 is 12.9 Å². The van der Waals surface area contributed by atoms with E-state index in [9.17, 15) is 4.79 Å². The molecule has 0 rings (SSSR count). The van der Waals surface area contributed by atoms with Crippen molar-refractivity contribution < 1.29 is 14.3 Å². The van der Waals surface area contributed by atoms with Gasteiger partial charge in [-0.2, -0.15) is 0 Å². The normalized spacial score (nSPS) is 5.29. The van der Waals surface area contributed by atoms with E-state index in [0.29, 0.717) is 0 Å². The van der Waals surface area contributed by atoms with E-state index in [2.05, 4.69) is 10.5 Å². The van der Waals surface area contributed by atoms with Crippen molar-refractivity contribution in [1.29, 1.82) is 0 Å². The van der Waals surface area contributed by atoms with E-state index in [1.54, 1.807) is 0 Å². The zero-order valence-corrected chi connectivity index (χ0v) is 4.01. The molecule has 0 heterocycles. The summed E-state index contributed by atoms with van der Waals surface area (Å²) in [6.45, 7) is 2.00. The first-order valence-corrected chi connectivity index (χ1v) is 1.39. The van der Waals surface area contributed by atoms with Gasteiger partial charge in [0.25, 0.3) is 0 Å². The average molecular weight is 105 g/mol. The van der Waals surface area contributed by atoms with Crippen LogP contribution in [0.1, 0.15) is 0 Å². The molecule has 42 valence electrons. The predicted octanol–water partition coefficient (Wildman–Crippen LogP) is -0.473. The second-order valence-electron chi connectivity index (χ2n) is 0.523. The minimum absolute atomic E-state index is 0.745. The molecule has 0 aromatic carbocycles. The molecule has 0 saturated heterocycles. The summed E-state index contributed by atoms with van der Waals surface area (Å²) in [6.07, 6.45) is -0.745. The van der Waals surface area contributed by atoms with Gasteiger partial charge in [0.05, 0.1) is 7.11 Å². The molecule has 0 aromatic rings. The SMILES string of the molecule is C=O.COC(N)=O. The highest BCUT2D eigenvalue weighted by Crippen LogP contribution is 1.55. The van der Waals surface area contributed by atoms with Crippen LogP contribution in [0.2, 0.25) is 0 Å². The highest BCUT2D eigenvalue weighted by Gasteiger charge is 1.76. The fourth-order valence-corrected chi connectivity index (χ4v) is 0. The molecule has 4 nitrogen and oxygen atoms in total.